The Hall–Kier alpha value is -2.58. The van der Waals surface area contributed by atoms with Crippen LogP contribution < -0.4 is 0 Å². The summed E-state index contributed by atoms with van der Waals surface area (Å²) in [5.41, 5.74) is 2.25. The predicted octanol–water partition coefficient (Wildman–Crippen LogP) is 4.36. The molecule has 1 aliphatic rings. The number of thioether (sulfide) groups is 2. The minimum absolute atomic E-state index is 0.291. The van der Waals surface area contributed by atoms with Crippen molar-refractivity contribution in [3.8, 4) is 11.4 Å². The summed E-state index contributed by atoms with van der Waals surface area (Å²) in [6.45, 7) is 0. The van der Waals surface area contributed by atoms with Crippen LogP contribution >= 0.6 is 23.5 Å². The van der Waals surface area contributed by atoms with Crippen molar-refractivity contribution in [3.05, 3.63) is 72.1 Å². The number of fused-ring (bicyclic) bond motifs is 1. The van der Waals surface area contributed by atoms with Crippen molar-refractivity contribution in [3.63, 3.8) is 0 Å². The molecule has 28 heavy (non-hydrogen) atoms. The van der Waals surface area contributed by atoms with Crippen molar-refractivity contribution in [2.45, 2.75) is 22.8 Å². The number of hydrogen-bond donors (Lipinski definition) is 0. The highest BCUT2D eigenvalue weighted by Gasteiger charge is 2.29. The summed E-state index contributed by atoms with van der Waals surface area (Å²) in [5.74, 6) is 3.37. The normalized spacial score (nSPS) is 15.6. The minimum atomic E-state index is 0.291. The average Bonchev–Trinajstić information content (AvgIpc) is 3.45. The van der Waals surface area contributed by atoms with Crippen molar-refractivity contribution in [1.29, 1.82) is 0 Å². The maximum absolute atomic E-state index is 5.83. The second-order valence-corrected chi connectivity index (χ2v) is 8.40. The van der Waals surface area contributed by atoms with Gasteiger partial charge in [-0.15, -0.1) is 20.4 Å². The fraction of sp³-hybridized carbons (Fsp3) is 0.200. The quantitative estimate of drug-likeness (QED) is 0.440. The Bertz CT molecular complexity index is 1060. The molecule has 0 aliphatic carbocycles. The summed E-state index contributed by atoms with van der Waals surface area (Å²) in [7, 11) is 0. The largest absolute Gasteiger partial charge is 0.416 e. The first-order chi connectivity index (χ1) is 13.9. The Balaban J connectivity index is 1.28. The van der Waals surface area contributed by atoms with E-state index >= 15 is 0 Å². The van der Waals surface area contributed by atoms with Gasteiger partial charge in [0.15, 0.2) is 11.0 Å². The van der Waals surface area contributed by atoms with Crippen LogP contribution in [0.5, 0.6) is 0 Å². The molecule has 0 saturated carbocycles. The van der Waals surface area contributed by atoms with E-state index in [0.717, 1.165) is 33.6 Å². The van der Waals surface area contributed by atoms with E-state index in [2.05, 4.69) is 49.2 Å². The fourth-order valence-corrected chi connectivity index (χ4v) is 5.25. The maximum Gasteiger partial charge on any atom is 0.276 e. The van der Waals surface area contributed by atoms with E-state index in [1.54, 1.807) is 23.5 Å². The van der Waals surface area contributed by atoms with E-state index in [1.807, 2.05) is 36.4 Å². The number of rotatable bonds is 6. The van der Waals surface area contributed by atoms with E-state index in [9.17, 15) is 0 Å². The van der Waals surface area contributed by atoms with Crippen molar-refractivity contribution in [1.82, 2.24) is 25.0 Å². The second-order valence-electron chi connectivity index (χ2n) is 6.44. The molecule has 2 aromatic heterocycles. The Morgan fingerprint density at radius 3 is 2.57 bits per heavy atom. The molecule has 8 heteroatoms. The Morgan fingerprint density at radius 2 is 1.75 bits per heavy atom. The predicted molar refractivity (Wildman–Crippen MR) is 109 cm³/mol. The smallest absolute Gasteiger partial charge is 0.276 e. The first-order valence-electron chi connectivity index (χ1n) is 8.99. The third kappa shape index (κ3) is 3.57. The molecule has 2 aromatic carbocycles. The highest BCUT2D eigenvalue weighted by atomic mass is 32.2. The molecule has 5 rings (SSSR count). The van der Waals surface area contributed by atoms with E-state index < -0.39 is 0 Å². The maximum atomic E-state index is 5.83. The highest BCUT2D eigenvalue weighted by molar-refractivity contribution is 8.00. The van der Waals surface area contributed by atoms with Crippen LogP contribution in [0.1, 0.15) is 17.5 Å². The average molecular weight is 408 g/mol. The van der Waals surface area contributed by atoms with Crippen LogP contribution in [-0.2, 0) is 6.42 Å². The van der Waals surface area contributed by atoms with Crippen LogP contribution in [0.15, 0.2) is 75.5 Å². The molecule has 0 saturated heterocycles. The van der Waals surface area contributed by atoms with Crippen LogP contribution in [-0.4, -0.2) is 36.5 Å². The van der Waals surface area contributed by atoms with Crippen molar-refractivity contribution in [2.24, 2.45) is 0 Å². The zero-order chi connectivity index (χ0) is 18.8. The van der Waals surface area contributed by atoms with E-state index in [4.69, 9.17) is 4.42 Å². The van der Waals surface area contributed by atoms with Crippen LogP contribution in [0.25, 0.3) is 11.4 Å². The number of nitrogens with zero attached hydrogens (tertiary/aromatic N) is 5. The standard InChI is InChI=1S/C20H17N5OS2/c1-3-7-14(8-4-1)11-17-21-24-20(26-17)28-13-16-12-27-19-23-22-18(25(16)19)15-9-5-2-6-10-15/h1-10,16H,11-13H2. The molecular formula is C20H17N5OS2. The summed E-state index contributed by atoms with van der Waals surface area (Å²) in [6.07, 6.45) is 0.654. The van der Waals surface area contributed by atoms with Gasteiger partial charge in [0, 0.05) is 17.1 Å². The zero-order valence-electron chi connectivity index (χ0n) is 14.9. The summed E-state index contributed by atoms with van der Waals surface area (Å²) in [4.78, 5) is 0. The van der Waals surface area contributed by atoms with Gasteiger partial charge in [0.2, 0.25) is 5.89 Å². The summed E-state index contributed by atoms with van der Waals surface area (Å²) in [5, 5.41) is 18.7. The van der Waals surface area contributed by atoms with Crippen LogP contribution in [0.2, 0.25) is 0 Å². The molecule has 1 atom stereocenters. The summed E-state index contributed by atoms with van der Waals surface area (Å²) >= 11 is 3.33. The third-order valence-corrected chi connectivity index (χ3v) is 6.56. The number of hydrogen-bond acceptors (Lipinski definition) is 7. The molecule has 140 valence electrons. The first-order valence-corrected chi connectivity index (χ1v) is 11.0. The lowest BCUT2D eigenvalue weighted by Crippen LogP contribution is -2.11. The van der Waals surface area contributed by atoms with Crippen molar-refractivity contribution >= 4 is 23.5 Å². The van der Waals surface area contributed by atoms with Gasteiger partial charge in [-0.2, -0.15) is 0 Å². The van der Waals surface area contributed by atoms with Gasteiger partial charge in [-0.1, -0.05) is 84.2 Å². The van der Waals surface area contributed by atoms with Gasteiger partial charge in [-0.3, -0.25) is 4.57 Å². The zero-order valence-corrected chi connectivity index (χ0v) is 16.6. The molecule has 0 spiro atoms. The van der Waals surface area contributed by atoms with Crippen molar-refractivity contribution < 1.29 is 4.42 Å². The molecule has 0 amide bonds. The van der Waals surface area contributed by atoms with Gasteiger partial charge in [-0.05, 0) is 5.56 Å². The monoisotopic (exact) mass is 407 g/mol. The molecule has 0 fully saturated rings. The van der Waals surface area contributed by atoms with Gasteiger partial charge < -0.3 is 4.42 Å². The highest BCUT2D eigenvalue weighted by Crippen LogP contribution is 2.38. The Labute approximate surface area is 170 Å². The van der Waals surface area contributed by atoms with Gasteiger partial charge in [0.25, 0.3) is 5.22 Å². The second kappa shape index (κ2) is 7.81. The topological polar surface area (TPSA) is 69.6 Å². The lowest BCUT2D eigenvalue weighted by Gasteiger charge is -2.13. The van der Waals surface area contributed by atoms with Gasteiger partial charge >= 0.3 is 0 Å². The van der Waals surface area contributed by atoms with Crippen LogP contribution in [0.3, 0.4) is 0 Å². The number of benzene rings is 2. The summed E-state index contributed by atoms with van der Waals surface area (Å²) in [6, 6.07) is 20.6. The lowest BCUT2D eigenvalue weighted by molar-refractivity contribution is 0.419. The SMILES string of the molecule is c1ccc(Cc2nnc(SCC3CSc4nnc(-c5ccccc5)n43)o2)cc1. The van der Waals surface area contributed by atoms with Crippen LogP contribution in [0.4, 0.5) is 0 Å². The van der Waals surface area contributed by atoms with E-state index in [0.29, 0.717) is 23.6 Å². The van der Waals surface area contributed by atoms with Crippen LogP contribution in [0, 0.1) is 0 Å². The minimum Gasteiger partial charge on any atom is -0.416 e. The van der Waals surface area contributed by atoms with E-state index in [-0.39, 0.29) is 0 Å². The molecule has 6 nitrogen and oxygen atoms in total. The molecule has 1 aliphatic heterocycles. The van der Waals surface area contributed by atoms with E-state index in [1.165, 1.54) is 0 Å². The van der Waals surface area contributed by atoms with Gasteiger partial charge in [0.05, 0.1) is 12.5 Å². The number of aromatic nitrogens is 5. The molecule has 0 radical (unpaired) electrons. The molecule has 0 bridgehead atoms. The van der Waals surface area contributed by atoms with Gasteiger partial charge in [0.1, 0.15) is 0 Å². The Morgan fingerprint density at radius 1 is 0.964 bits per heavy atom. The third-order valence-electron chi connectivity index (χ3n) is 4.51. The van der Waals surface area contributed by atoms with Crippen molar-refractivity contribution in [2.75, 3.05) is 11.5 Å². The first kappa shape index (κ1) is 17.5. The molecule has 3 heterocycles. The molecular weight excluding hydrogens is 390 g/mol. The molecule has 4 aromatic rings. The molecule has 0 N–H and O–H groups in total. The molecule has 1 unspecified atom stereocenters. The fourth-order valence-electron chi connectivity index (χ4n) is 3.16. The van der Waals surface area contributed by atoms with Gasteiger partial charge in [-0.25, -0.2) is 0 Å². The summed E-state index contributed by atoms with van der Waals surface area (Å²) < 4.78 is 8.06. The Kier molecular flexibility index (Phi) is 4.88. The lowest BCUT2D eigenvalue weighted by atomic mass is 10.2.